The molecule has 0 saturated carbocycles. The number of hydrogen-bond acceptors (Lipinski definition) is 8. The Kier molecular flexibility index (Phi) is 5.26. The van der Waals surface area contributed by atoms with Crippen molar-refractivity contribution in [3.8, 4) is 0 Å². The second-order valence-electron chi connectivity index (χ2n) is 5.25. The van der Waals surface area contributed by atoms with Gasteiger partial charge in [0.15, 0.2) is 12.1 Å². The molecule has 0 radical (unpaired) electrons. The van der Waals surface area contributed by atoms with Crippen LogP contribution in [-0.4, -0.2) is 38.7 Å². The van der Waals surface area contributed by atoms with Gasteiger partial charge in [0.25, 0.3) is 5.56 Å². The molecule has 2 rings (SSSR count). The number of nitrogens with two attached hydrogens (primary N) is 2. The second-order valence-corrected chi connectivity index (χ2v) is 5.25. The normalized spacial score (nSPS) is 13.5. The highest BCUT2D eigenvalue weighted by Gasteiger charge is 2.17. The first-order chi connectivity index (χ1) is 11.3. The van der Waals surface area contributed by atoms with Gasteiger partial charge in [0.1, 0.15) is 18.4 Å². The Balaban J connectivity index is 2.15. The van der Waals surface area contributed by atoms with E-state index in [0.717, 1.165) is 4.57 Å². The molecule has 2 aromatic heterocycles. The Labute approximate surface area is 136 Å². The molecule has 2 unspecified atom stereocenters. The second kappa shape index (κ2) is 7.19. The van der Waals surface area contributed by atoms with Gasteiger partial charge in [-0.2, -0.15) is 0 Å². The fraction of sp³-hybridized carbons (Fsp3) is 0.462. The van der Waals surface area contributed by atoms with Crippen LogP contribution in [0.4, 0.5) is 0 Å². The van der Waals surface area contributed by atoms with Crippen LogP contribution >= 0.6 is 0 Å². The molecule has 2 heterocycles. The van der Waals surface area contributed by atoms with Gasteiger partial charge < -0.3 is 20.9 Å². The largest absolute Gasteiger partial charge is 0.443 e. The number of H-pyrrole nitrogens is 1. The number of ether oxygens (including phenoxy) is 2. The molecular weight excluding hydrogens is 320 g/mol. The summed E-state index contributed by atoms with van der Waals surface area (Å²) in [4.78, 5) is 39.0. The van der Waals surface area contributed by atoms with E-state index in [1.807, 2.05) is 0 Å². The average Bonchev–Trinajstić information content (AvgIpc) is 2.95. The van der Waals surface area contributed by atoms with Gasteiger partial charge in [0, 0.05) is 0 Å². The van der Waals surface area contributed by atoms with Crippen molar-refractivity contribution in [2.75, 3.05) is 0 Å². The van der Waals surface area contributed by atoms with Crippen molar-refractivity contribution in [1.82, 2.24) is 14.6 Å². The molecule has 0 saturated heterocycles. The molecule has 0 aromatic carbocycles. The summed E-state index contributed by atoms with van der Waals surface area (Å²) in [7, 11) is 0. The zero-order valence-electron chi connectivity index (χ0n) is 13.3. The van der Waals surface area contributed by atoms with Crippen molar-refractivity contribution < 1.29 is 23.7 Å². The van der Waals surface area contributed by atoms with E-state index >= 15 is 0 Å². The summed E-state index contributed by atoms with van der Waals surface area (Å²) in [6, 6.07) is -1.53. The lowest BCUT2D eigenvalue weighted by Crippen LogP contribution is -2.40. The number of nitrogens with zero attached hydrogens (tertiary/aromatic N) is 3. The van der Waals surface area contributed by atoms with Crippen LogP contribution in [0.15, 0.2) is 17.3 Å². The number of esters is 2. The van der Waals surface area contributed by atoms with Crippen LogP contribution in [0.3, 0.4) is 0 Å². The summed E-state index contributed by atoms with van der Waals surface area (Å²) >= 11 is 0. The number of nitrogens with one attached hydrogen (secondary N) is 1. The van der Waals surface area contributed by atoms with Gasteiger partial charge in [0.05, 0.1) is 0 Å². The lowest BCUT2D eigenvalue weighted by atomic mass is 10.4. The fourth-order valence-electron chi connectivity index (χ4n) is 1.73. The predicted molar refractivity (Wildman–Crippen MR) is 80.0 cm³/mol. The Bertz CT molecular complexity index is 809. The van der Waals surface area contributed by atoms with Crippen molar-refractivity contribution >= 4 is 23.0 Å². The van der Waals surface area contributed by atoms with E-state index in [9.17, 15) is 14.4 Å². The molecule has 0 spiro atoms. The van der Waals surface area contributed by atoms with Crippen LogP contribution < -0.4 is 21.7 Å². The van der Waals surface area contributed by atoms with Gasteiger partial charge in [-0.3, -0.25) is 19.0 Å². The Morgan fingerprint density at radius 1 is 1.29 bits per heavy atom. The third-order valence-corrected chi connectivity index (χ3v) is 3.04. The summed E-state index contributed by atoms with van der Waals surface area (Å²) in [6.07, 6.45) is 2.66. The zero-order valence-corrected chi connectivity index (χ0v) is 13.3. The molecule has 2 aromatic rings. The Morgan fingerprint density at radius 2 is 1.92 bits per heavy atom. The molecule has 0 amide bonds. The fourth-order valence-corrected chi connectivity index (χ4v) is 1.73. The minimum Gasteiger partial charge on any atom is -0.443 e. The molecule has 0 fully saturated rings. The maximum atomic E-state index is 12.3. The maximum absolute atomic E-state index is 12.3. The number of fused-ring (bicyclic) bond motifs is 1. The molecular formula is C13H19N6O5+. The molecule has 24 heavy (non-hydrogen) atoms. The van der Waals surface area contributed by atoms with E-state index in [1.54, 1.807) is 0 Å². The Hall–Kier alpha value is -2.79. The van der Waals surface area contributed by atoms with E-state index in [1.165, 1.54) is 31.1 Å². The first-order valence-electron chi connectivity index (χ1n) is 7.11. The van der Waals surface area contributed by atoms with E-state index in [4.69, 9.17) is 20.9 Å². The third-order valence-electron chi connectivity index (χ3n) is 3.04. The van der Waals surface area contributed by atoms with Crippen LogP contribution in [0.5, 0.6) is 0 Å². The lowest BCUT2D eigenvalue weighted by Gasteiger charge is -2.08. The molecule has 5 N–H and O–H groups in total. The molecule has 0 aliphatic rings. The highest BCUT2D eigenvalue weighted by atomic mass is 16.5. The standard InChI is InChI=1S/C13H18N6O5/c1-7(14)12(21)23-5-18-4-16-10-9(11(18)20)3-19(17-10)6-24-13(22)8(2)15/h3-4,7-8H,5-6,14-15H2,1-2H3/p+1. The van der Waals surface area contributed by atoms with Crippen LogP contribution in [0, 0.1) is 0 Å². The molecule has 130 valence electrons. The summed E-state index contributed by atoms with van der Waals surface area (Å²) in [5.74, 6) is -1.21. The van der Waals surface area contributed by atoms with Gasteiger partial charge in [-0.05, 0) is 13.8 Å². The molecule has 0 bridgehead atoms. The van der Waals surface area contributed by atoms with Crippen molar-refractivity contribution in [2.45, 2.75) is 39.4 Å². The molecule has 0 aliphatic heterocycles. The van der Waals surface area contributed by atoms with Crippen molar-refractivity contribution in [2.24, 2.45) is 11.5 Å². The first-order valence-corrected chi connectivity index (χ1v) is 7.11. The predicted octanol–water partition coefficient (Wildman–Crippen LogP) is -2.29. The van der Waals surface area contributed by atoms with Crippen molar-refractivity contribution in [1.29, 1.82) is 0 Å². The molecule has 2 atom stereocenters. The van der Waals surface area contributed by atoms with E-state index < -0.39 is 29.6 Å². The Morgan fingerprint density at radius 3 is 2.54 bits per heavy atom. The number of carbonyl (C=O) groups is 2. The number of carbonyl (C=O) groups excluding carboxylic acids is 2. The SMILES string of the molecule is CC(N)C(=O)OCn1cnc2[nH][n+](COC(=O)C(C)N)cc2c1=O. The zero-order chi connectivity index (χ0) is 17.9. The summed E-state index contributed by atoms with van der Waals surface area (Å²) in [5.41, 5.74) is 10.6. The van der Waals surface area contributed by atoms with Gasteiger partial charge >= 0.3 is 18.7 Å². The summed E-state index contributed by atoms with van der Waals surface area (Å²) < 4.78 is 12.3. The minimum atomic E-state index is -0.786. The van der Waals surface area contributed by atoms with E-state index in [-0.39, 0.29) is 18.8 Å². The topological polar surface area (TPSA) is 159 Å². The quantitative estimate of drug-likeness (QED) is 0.391. The molecule has 11 nitrogen and oxygen atoms in total. The molecule has 11 heteroatoms. The van der Waals surface area contributed by atoms with Gasteiger partial charge in [-0.1, -0.05) is 4.68 Å². The van der Waals surface area contributed by atoms with E-state index in [2.05, 4.69) is 10.1 Å². The number of rotatable bonds is 6. The summed E-state index contributed by atoms with van der Waals surface area (Å²) in [6.45, 7) is 2.54. The number of aromatic nitrogens is 4. The smallest absolute Gasteiger partial charge is 0.327 e. The highest BCUT2D eigenvalue weighted by molar-refractivity contribution is 5.75. The summed E-state index contributed by atoms with van der Waals surface area (Å²) in [5, 5.41) is 3.03. The van der Waals surface area contributed by atoms with Gasteiger partial charge in [-0.25, -0.2) is 4.98 Å². The van der Waals surface area contributed by atoms with Gasteiger partial charge in [-0.15, -0.1) is 5.10 Å². The van der Waals surface area contributed by atoms with Gasteiger partial charge in [0.2, 0.25) is 11.8 Å². The first kappa shape index (κ1) is 17.6. The van der Waals surface area contributed by atoms with E-state index in [0.29, 0.717) is 5.65 Å². The monoisotopic (exact) mass is 339 g/mol. The number of aromatic amines is 1. The number of hydrogen-bond donors (Lipinski definition) is 3. The maximum Gasteiger partial charge on any atom is 0.327 e. The lowest BCUT2D eigenvalue weighted by molar-refractivity contribution is -0.775. The van der Waals surface area contributed by atoms with Crippen molar-refractivity contribution in [3.63, 3.8) is 0 Å². The van der Waals surface area contributed by atoms with Crippen LogP contribution in [-0.2, 0) is 32.5 Å². The average molecular weight is 339 g/mol. The van der Waals surface area contributed by atoms with Crippen molar-refractivity contribution in [3.05, 3.63) is 22.9 Å². The van der Waals surface area contributed by atoms with Crippen LogP contribution in [0.2, 0.25) is 0 Å². The third kappa shape index (κ3) is 3.94. The van der Waals surface area contributed by atoms with Crippen LogP contribution in [0.1, 0.15) is 13.8 Å². The minimum absolute atomic E-state index is 0.143. The van der Waals surface area contributed by atoms with Crippen LogP contribution in [0.25, 0.3) is 11.0 Å². The molecule has 0 aliphatic carbocycles. The highest BCUT2D eigenvalue weighted by Crippen LogP contribution is 2.00.